The Morgan fingerprint density at radius 1 is 1.16 bits per heavy atom. The molecule has 0 spiro atoms. The van der Waals surface area contributed by atoms with Gasteiger partial charge in [0.2, 0.25) is 5.88 Å². The number of hydrogen-bond acceptors (Lipinski definition) is 6. The quantitative estimate of drug-likeness (QED) is 0.585. The second kappa shape index (κ2) is 5.93. The number of rotatable bonds is 3. The van der Waals surface area contributed by atoms with Gasteiger partial charge in [0.15, 0.2) is 5.65 Å². The van der Waals surface area contributed by atoms with E-state index in [1.165, 1.54) is 6.33 Å². The zero-order valence-corrected chi connectivity index (χ0v) is 15.0. The van der Waals surface area contributed by atoms with Crippen LogP contribution in [0.4, 0.5) is 0 Å². The molecule has 0 amide bonds. The summed E-state index contributed by atoms with van der Waals surface area (Å²) in [6.45, 7) is 6.49. The molecule has 0 aliphatic rings. The van der Waals surface area contributed by atoms with Crippen LogP contribution in [0.5, 0.6) is 11.6 Å². The van der Waals surface area contributed by atoms with E-state index in [2.05, 4.69) is 46.3 Å². The van der Waals surface area contributed by atoms with Crippen molar-refractivity contribution in [3.8, 4) is 22.2 Å². The second-order valence-corrected chi connectivity index (χ2v) is 7.59. The highest BCUT2D eigenvalue weighted by Crippen LogP contribution is 2.33. The summed E-state index contributed by atoms with van der Waals surface area (Å²) in [5.74, 6) is 1.18. The van der Waals surface area contributed by atoms with Crippen LogP contribution in [0.2, 0.25) is 0 Å². The van der Waals surface area contributed by atoms with Gasteiger partial charge in [0.1, 0.15) is 22.5 Å². The minimum absolute atomic E-state index is 0.0384. The Kier molecular flexibility index (Phi) is 3.73. The van der Waals surface area contributed by atoms with Crippen LogP contribution in [-0.4, -0.2) is 25.1 Å². The van der Waals surface area contributed by atoms with Crippen molar-refractivity contribution in [3.63, 3.8) is 0 Å². The monoisotopic (exact) mass is 351 g/mol. The van der Waals surface area contributed by atoms with Crippen LogP contribution < -0.4 is 4.74 Å². The largest absolute Gasteiger partial charge is 0.438 e. The molecule has 0 saturated carbocycles. The lowest BCUT2D eigenvalue weighted by atomic mass is 9.93. The molecular weight excluding hydrogens is 334 g/mol. The molecular formula is C18H17N5OS. The molecule has 3 heterocycles. The van der Waals surface area contributed by atoms with Gasteiger partial charge >= 0.3 is 0 Å². The SMILES string of the molecule is CC(C)(C)c1csc(-c2cccc(Oc3ncnc4[nH]ncc34)c2)n1. The van der Waals surface area contributed by atoms with Crippen molar-refractivity contribution < 1.29 is 4.74 Å². The van der Waals surface area contributed by atoms with Crippen LogP contribution in [0, 0.1) is 0 Å². The van der Waals surface area contributed by atoms with Gasteiger partial charge in [0.25, 0.3) is 0 Å². The summed E-state index contributed by atoms with van der Waals surface area (Å²) in [7, 11) is 0. The van der Waals surface area contributed by atoms with Crippen molar-refractivity contribution in [2.24, 2.45) is 0 Å². The number of aromatic amines is 1. The molecule has 1 N–H and O–H groups in total. The fourth-order valence-electron chi connectivity index (χ4n) is 2.38. The average molecular weight is 351 g/mol. The molecule has 4 aromatic rings. The van der Waals surface area contributed by atoms with Gasteiger partial charge < -0.3 is 4.74 Å². The summed E-state index contributed by atoms with van der Waals surface area (Å²) in [6, 6.07) is 7.86. The van der Waals surface area contributed by atoms with Crippen molar-refractivity contribution in [1.29, 1.82) is 0 Å². The summed E-state index contributed by atoms with van der Waals surface area (Å²) >= 11 is 1.64. The number of aromatic nitrogens is 5. The molecule has 4 rings (SSSR count). The molecule has 0 saturated heterocycles. The summed E-state index contributed by atoms with van der Waals surface area (Å²) in [6.07, 6.45) is 3.11. The minimum Gasteiger partial charge on any atom is -0.438 e. The zero-order valence-electron chi connectivity index (χ0n) is 14.1. The Balaban J connectivity index is 1.66. The summed E-state index contributed by atoms with van der Waals surface area (Å²) < 4.78 is 5.95. The lowest BCUT2D eigenvalue weighted by Gasteiger charge is -2.14. The molecule has 25 heavy (non-hydrogen) atoms. The standard InChI is InChI=1S/C18H17N5OS/c1-18(2,3)14-9-25-17(22-14)11-5-4-6-12(7-11)24-16-13-8-21-23-15(13)19-10-20-16/h4-10H,1-3H3,(H,19,20,21,23). The molecule has 0 aliphatic heterocycles. The van der Waals surface area contributed by atoms with E-state index >= 15 is 0 Å². The maximum absolute atomic E-state index is 5.95. The molecule has 0 radical (unpaired) electrons. The fourth-order valence-corrected chi connectivity index (χ4v) is 3.42. The van der Waals surface area contributed by atoms with E-state index in [0.717, 1.165) is 21.7 Å². The third-order valence-corrected chi connectivity index (χ3v) is 4.67. The van der Waals surface area contributed by atoms with Gasteiger partial charge in [0.05, 0.1) is 11.9 Å². The lowest BCUT2D eigenvalue weighted by molar-refractivity contribution is 0.468. The first-order chi connectivity index (χ1) is 12.0. The van der Waals surface area contributed by atoms with Crippen molar-refractivity contribution in [3.05, 3.63) is 47.9 Å². The van der Waals surface area contributed by atoms with Gasteiger partial charge in [-0.1, -0.05) is 32.9 Å². The maximum Gasteiger partial charge on any atom is 0.233 e. The van der Waals surface area contributed by atoms with Crippen LogP contribution in [0.1, 0.15) is 26.5 Å². The number of ether oxygens (including phenoxy) is 1. The van der Waals surface area contributed by atoms with Crippen molar-refractivity contribution >= 4 is 22.4 Å². The van der Waals surface area contributed by atoms with Crippen LogP contribution in [0.15, 0.2) is 42.2 Å². The Bertz CT molecular complexity index is 1030. The molecule has 0 unspecified atom stereocenters. The first kappa shape index (κ1) is 15.7. The van der Waals surface area contributed by atoms with Gasteiger partial charge in [-0.05, 0) is 12.1 Å². The van der Waals surface area contributed by atoms with Crippen LogP contribution in [0.3, 0.4) is 0 Å². The second-order valence-electron chi connectivity index (χ2n) is 6.73. The third-order valence-electron chi connectivity index (χ3n) is 3.78. The van der Waals surface area contributed by atoms with E-state index < -0.39 is 0 Å². The predicted molar refractivity (Wildman–Crippen MR) is 98.0 cm³/mol. The third kappa shape index (κ3) is 3.10. The van der Waals surface area contributed by atoms with Gasteiger partial charge in [0, 0.05) is 16.4 Å². The molecule has 3 aromatic heterocycles. The van der Waals surface area contributed by atoms with E-state index in [4.69, 9.17) is 9.72 Å². The van der Waals surface area contributed by atoms with Gasteiger partial charge in [-0.2, -0.15) is 5.10 Å². The fraction of sp³-hybridized carbons (Fsp3) is 0.222. The topological polar surface area (TPSA) is 76.6 Å². The van der Waals surface area contributed by atoms with Crippen molar-refractivity contribution in [2.45, 2.75) is 26.2 Å². The highest BCUT2D eigenvalue weighted by atomic mass is 32.1. The first-order valence-electron chi connectivity index (χ1n) is 7.89. The van der Waals surface area contributed by atoms with Gasteiger partial charge in [-0.25, -0.2) is 15.0 Å². The van der Waals surface area contributed by atoms with Gasteiger partial charge in [-0.15, -0.1) is 11.3 Å². The smallest absolute Gasteiger partial charge is 0.233 e. The Hall–Kier alpha value is -2.80. The highest BCUT2D eigenvalue weighted by molar-refractivity contribution is 7.13. The maximum atomic E-state index is 5.95. The van der Waals surface area contributed by atoms with Crippen LogP contribution in [0.25, 0.3) is 21.6 Å². The van der Waals surface area contributed by atoms with Crippen LogP contribution in [-0.2, 0) is 5.41 Å². The molecule has 0 bridgehead atoms. The van der Waals surface area contributed by atoms with Crippen LogP contribution >= 0.6 is 11.3 Å². The van der Waals surface area contributed by atoms with Crippen molar-refractivity contribution in [1.82, 2.24) is 25.1 Å². The average Bonchev–Trinajstić information content (AvgIpc) is 3.25. The van der Waals surface area contributed by atoms with E-state index in [-0.39, 0.29) is 5.41 Å². The Morgan fingerprint density at radius 3 is 2.84 bits per heavy atom. The molecule has 0 atom stereocenters. The number of fused-ring (bicyclic) bond motifs is 1. The predicted octanol–water partition coefficient (Wildman–Crippen LogP) is 4.57. The number of nitrogens with zero attached hydrogens (tertiary/aromatic N) is 4. The summed E-state index contributed by atoms with van der Waals surface area (Å²) in [5.41, 5.74) is 2.80. The number of H-pyrrole nitrogens is 1. The molecule has 126 valence electrons. The summed E-state index contributed by atoms with van der Waals surface area (Å²) in [5, 5.41) is 10.6. The number of benzene rings is 1. The molecule has 0 aliphatic carbocycles. The normalized spacial score (nSPS) is 11.8. The Morgan fingerprint density at radius 2 is 2.04 bits per heavy atom. The van der Waals surface area contributed by atoms with E-state index in [1.807, 2.05) is 24.3 Å². The minimum atomic E-state index is 0.0384. The highest BCUT2D eigenvalue weighted by Gasteiger charge is 2.18. The molecule has 6 nitrogen and oxygen atoms in total. The van der Waals surface area contributed by atoms with Gasteiger partial charge in [-0.3, -0.25) is 5.10 Å². The zero-order chi connectivity index (χ0) is 17.4. The molecule has 7 heteroatoms. The Labute approximate surface area is 148 Å². The van der Waals surface area contributed by atoms with E-state index in [1.54, 1.807) is 17.5 Å². The lowest BCUT2D eigenvalue weighted by Crippen LogP contribution is -2.11. The molecule has 1 aromatic carbocycles. The van der Waals surface area contributed by atoms with E-state index in [9.17, 15) is 0 Å². The first-order valence-corrected chi connectivity index (χ1v) is 8.77. The number of thiazole rings is 1. The summed E-state index contributed by atoms with van der Waals surface area (Å²) in [4.78, 5) is 13.1. The van der Waals surface area contributed by atoms with Crippen molar-refractivity contribution in [2.75, 3.05) is 0 Å². The number of nitrogens with one attached hydrogen (secondary N) is 1. The number of hydrogen-bond donors (Lipinski definition) is 1. The van der Waals surface area contributed by atoms with E-state index in [0.29, 0.717) is 17.3 Å². The molecule has 0 fully saturated rings.